The predicted molar refractivity (Wildman–Crippen MR) is 90.6 cm³/mol. The molecular weight excluding hydrogens is 340 g/mol. The van der Waals surface area contributed by atoms with Gasteiger partial charge in [0, 0.05) is 13.1 Å². The Morgan fingerprint density at radius 1 is 1.43 bits per heavy atom. The van der Waals surface area contributed by atoms with Gasteiger partial charge in [0.15, 0.2) is 0 Å². The lowest BCUT2D eigenvalue weighted by atomic mass is 9.90. The van der Waals surface area contributed by atoms with Gasteiger partial charge in [-0.2, -0.15) is 0 Å². The second-order valence-corrected chi connectivity index (χ2v) is 6.64. The molecule has 0 spiro atoms. The van der Waals surface area contributed by atoms with Gasteiger partial charge in [-0.05, 0) is 43.1 Å². The third-order valence-corrected chi connectivity index (χ3v) is 4.51. The number of halogens is 3. The maximum atomic E-state index is 13.2. The molecule has 0 aliphatic carbocycles. The summed E-state index contributed by atoms with van der Waals surface area (Å²) in [7, 11) is 0. The zero-order chi connectivity index (χ0) is 15.7. The van der Waals surface area contributed by atoms with Crippen LogP contribution >= 0.6 is 24.0 Å². The molecule has 1 saturated heterocycles. The summed E-state index contributed by atoms with van der Waals surface area (Å²) < 4.78 is 14.8. The molecule has 0 bridgehead atoms. The molecule has 8 heteroatoms. The van der Waals surface area contributed by atoms with Crippen LogP contribution in [0.2, 0.25) is 5.02 Å². The zero-order valence-corrected chi connectivity index (χ0v) is 14.4. The molecule has 1 aliphatic heterocycles. The topological polar surface area (TPSA) is 60.0 Å². The van der Waals surface area contributed by atoms with Gasteiger partial charge >= 0.3 is 0 Å². The van der Waals surface area contributed by atoms with Gasteiger partial charge in [-0.25, -0.2) is 9.07 Å². The standard InChI is InChI=1S/C15H19ClFN5.ClH/c1-15(9-18)4-5-21(10-15)7-11-8-22(20-19-11)12-2-3-14(17)13(16)6-12;/h2-3,6,8H,4-5,7,9-10,18H2,1H3;1H. The Kier molecular flexibility index (Phi) is 5.62. The average Bonchev–Trinajstić information content (AvgIpc) is 3.10. The van der Waals surface area contributed by atoms with E-state index in [1.165, 1.54) is 12.1 Å². The van der Waals surface area contributed by atoms with Crippen molar-refractivity contribution in [3.8, 4) is 5.69 Å². The van der Waals surface area contributed by atoms with Crippen molar-refractivity contribution in [1.82, 2.24) is 19.9 Å². The minimum atomic E-state index is -0.441. The van der Waals surface area contributed by atoms with Gasteiger partial charge in [0.05, 0.1) is 22.6 Å². The number of nitrogens with two attached hydrogens (primary N) is 1. The summed E-state index contributed by atoms with van der Waals surface area (Å²) in [6.07, 6.45) is 2.95. The van der Waals surface area contributed by atoms with Crippen LogP contribution in [0.15, 0.2) is 24.4 Å². The van der Waals surface area contributed by atoms with E-state index in [0.717, 1.165) is 31.7 Å². The number of likely N-dealkylation sites (tertiary alicyclic amines) is 1. The number of rotatable bonds is 4. The zero-order valence-electron chi connectivity index (χ0n) is 12.9. The van der Waals surface area contributed by atoms with Gasteiger partial charge in [0.25, 0.3) is 0 Å². The van der Waals surface area contributed by atoms with Gasteiger partial charge in [0.1, 0.15) is 5.82 Å². The molecule has 1 aliphatic rings. The molecular formula is C15H20Cl2FN5. The fraction of sp³-hybridized carbons (Fsp3) is 0.467. The van der Waals surface area contributed by atoms with Gasteiger partial charge in [-0.3, -0.25) is 4.90 Å². The summed E-state index contributed by atoms with van der Waals surface area (Å²) in [5.41, 5.74) is 7.59. The van der Waals surface area contributed by atoms with E-state index in [4.69, 9.17) is 17.3 Å². The van der Waals surface area contributed by atoms with Crippen LogP contribution < -0.4 is 5.73 Å². The fourth-order valence-corrected chi connectivity index (χ4v) is 2.96. The highest BCUT2D eigenvalue weighted by molar-refractivity contribution is 6.30. The summed E-state index contributed by atoms with van der Waals surface area (Å²) >= 11 is 5.80. The molecule has 2 N–H and O–H groups in total. The van der Waals surface area contributed by atoms with Crippen LogP contribution in [0, 0.1) is 11.2 Å². The van der Waals surface area contributed by atoms with Crippen molar-refractivity contribution in [3.05, 3.63) is 40.9 Å². The Morgan fingerprint density at radius 3 is 2.87 bits per heavy atom. The van der Waals surface area contributed by atoms with E-state index in [-0.39, 0.29) is 22.8 Å². The molecule has 0 radical (unpaired) electrons. The Bertz CT molecular complexity index is 678. The molecule has 1 aromatic carbocycles. The molecule has 126 valence electrons. The summed E-state index contributed by atoms with van der Waals surface area (Å²) in [6, 6.07) is 4.49. The summed E-state index contributed by atoms with van der Waals surface area (Å²) in [5, 5.41) is 8.35. The van der Waals surface area contributed by atoms with Crippen LogP contribution in [0.5, 0.6) is 0 Å². The van der Waals surface area contributed by atoms with Crippen LogP contribution in [0.25, 0.3) is 5.69 Å². The lowest BCUT2D eigenvalue weighted by Gasteiger charge is -2.21. The number of benzene rings is 1. The third kappa shape index (κ3) is 4.01. The first-order valence-electron chi connectivity index (χ1n) is 7.28. The Morgan fingerprint density at radius 2 is 2.22 bits per heavy atom. The number of hydrogen-bond donors (Lipinski definition) is 1. The highest BCUT2D eigenvalue weighted by Gasteiger charge is 2.32. The fourth-order valence-electron chi connectivity index (χ4n) is 2.78. The normalized spacial score (nSPS) is 21.4. The van der Waals surface area contributed by atoms with E-state index >= 15 is 0 Å². The second kappa shape index (κ2) is 7.13. The molecule has 1 atom stereocenters. The molecule has 1 unspecified atom stereocenters. The molecule has 1 aromatic heterocycles. The van der Waals surface area contributed by atoms with Crippen molar-refractivity contribution in [1.29, 1.82) is 0 Å². The van der Waals surface area contributed by atoms with E-state index in [9.17, 15) is 4.39 Å². The van der Waals surface area contributed by atoms with Crippen LogP contribution in [-0.4, -0.2) is 39.5 Å². The molecule has 23 heavy (non-hydrogen) atoms. The van der Waals surface area contributed by atoms with Crippen LogP contribution in [0.1, 0.15) is 19.0 Å². The second-order valence-electron chi connectivity index (χ2n) is 6.23. The van der Waals surface area contributed by atoms with Crippen LogP contribution in [0.3, 0.4) is 0 Å². The smallest absolute Gasteiger partial charge is 0.141 e. The first-order valence-corrected chi connectivity index (χ1v) is 7.66. The highest BCUT2D eigenvalue weighted by atomic mass is 35.5. The minimum Gasteiger partial charge on any atom is -0.330 e. The molecule has 2 heterocycles. The first kappa shape index (κ1) is 18.1. The van der Waals surface area contributed by atoms with Crippen LogP contribution in [-0.2, 0) is 6.54 Å². The Balaban J connectivity index is 0.00000192. The van der Waals surface area contributed by atoms with E-state index in [2.05, 4.69) is 22.1 Å². The number of aromatic nitrogens is 3. The van der Waals surface area contributed by atoms with E-state index in [1.54, 1.807) is 10.7 Å². The van der Waals surface area contributed by atoms with E-state index in [0.29, 0.717) is 12.2 Å². The Hall–Kier alpha value is -1.21. The lowest BCUT2D eigenvalue weighted by Crippen LogP contribution is -2.31. The van der Waals surface area contributed by atoms with Crippen molar-refractivity contribution in [2.45, 2.75) is 19.9 Å². The molecule has 1 fully saturated rings. The van der Waals surface area contributed by atoms with Crippen molar-refractivity contribution in [2.75, 3.05) is 19.6 Å². The van der Waals surface area contributed by atoms with Crippen molar-refractivity contribution < 1.29 is 4.39 Å². The molecule has 2 aromatic rings. The molecule has 0 amide bonds. The predicted octanol–water partition coefficient (Wildman–Crippen LogP) is 2.65. The Labute approximate surface area is 146 Å². The summed E-state index contributed by atoms with van der Waals surface area (Å²) in [5.74, 6) is -0.441. The maximum absolute atomic E-state index is 13.2. The SMILES string of the molecule is CC1(CN)CCN(Cc2cn(-c3ccc(F)c(Cl)c3)nn2)C1.Cl. The molecule has 0 saturated carbocycles. The average molecular weight is 360 g/mol. The van der Waals surface area contributed by atoms with Crippen molar-refractivity contribution in [2.24, 2.45) is 11.1 Å². The van der Waals surface area contributed by atoms with Gasteiger partial charge in [0.2, 0.25) is 0 Å². The maximum Gasteiger partial charge on any atom is 0.141 e. The van der Waals surface area contributed by atoms with Gasteiger partial charge < -0.3 is 5.73 Å². The summed E-state index contributed by atoms with van der Waals surface area (Å²) in [4.78, 5) is 2.33. The summed E-state index contributed by atoms with van der Waals surface area (Å²) in [6.45, 7) is 5.64. The highest BCUT2D eigenvalue weighted by Crippen LogP contribution is 2.29. The largest absolute Gasteiger partial charge is 0.330 e. The van der Waals surface area contributed by atoms with Crippen LogP contribution in [0.4, 0.5) is 4.39 Å². The van der Waals surface area contributed by atoms with Gasteiger partial charge in [-0.1, -0.05) is 23.7 Å². The third-order valence-electron chi connectivity index (χ3n) is 4.22. The molecule has 5 nitrogen and oxygen atoms in total. The monoisotopic (exact) mass is 359 g/mol. The van der Waals surface area contributed by atoms with Crippen molar-refractivity contribution >= 4 is 24.0 Å². The van der Waals surface area contributed by atoms with Crippen molar-refractivity contribution in [3.63, 3.8) is 0 Å². The number of hydrogen-bond acceptors (Lipinski definition) is 4. The minimum absolute atomic E-state index is 0. The number of nitrogens with zero attached hydrogens (tertiary/aromatic N) is 4. The molecule has 3 rings (SSSR count). The quantitative estimate of drug-likeness (QED) is 0.911. The lowest BCUT2D eigenvalue weighted by molar-refractivity contribution is 0.272. The van der Waals surface area contributed by atoms with Gasteiger partial charge in [-0.15, -0.1) is 17.5 Å². The first-order chi connectivity index (χ1) is 10.5. The van der Waals surface area contributed by atoms with E-state index in [1.807, 2.05) is 6.20 Å². The van der Waals surface area contributed by atoms with E-state index < -0.39 is 5.82 Å².